The van der Waals surface area contributed by atoms with E-state index in [9.17, 15) is 0 Å². The van der Waals surface area contributed by atoms with Crippen LogP contribution in [0.3, 0.4) is 0 Å². The van der Waals surface area contributed by atoms with E-state index in [1.54, 1.807) is 0 Å². The lowest BCUT2D eigenvalue weighted by Crippen LogP contribution is -2.08. The highest BCUT2D eigenvalue weighted by molar-refractivity contribution is 5.76. The minimum atomic E-state index is 0.518. The lowest BCUT2D eigenvalue weighted by molar-refractivity contribution is 0.546. The number of hydrogen-bond acceptors (Lipinski definition) is 2. The van der Waals surface area contributed by atoms with Gasteiger partial charge in [0, 0.05) is 6.54 Å². The number of fused-ring (bicyclic) bond motifs is 1. The number of imidazole rings is 1. The van der Waals surface area contributed by atoms with Gasteiger partial charge in [0.2, 0.25) is 0 Å². The van der Waals surface area contributed by atoms with Gasteiger partial charge in [-0.1, -0.05) is 51.5 Å². The fourth-order valence-corrected chi connectivity index (χ4v) is 2.92. The van der Waals surface area contributed by atoms with Crippen LogP contribution < -0.4 is 5.73 Å². The molecular weight excluding hydrogens is 258 g/mol. The number of aromatic nitrogens is 2. The van der Waals surface area contributed by atoms with Crippen LogP contribution in [0.25, 0.3) is 11.0 Å². The summed E-state index contributed by atoms with van der Waals surface area (Å²) in [5, 5.41) is 0. The monoisotopic (exact) mass is 287 g/mol. The molecule has 1 heterocycles. The van der Waals surface area contributed by atoms with E-state index >= 15 is 0 Å². The maximum Gasteiger partial charge on any atom is 0.123 e. The Hall–Kier alpha value is -1.35. The molecule has 3 nitrogen and oxygen atoms in total. The smallest absolute Gasteiger partial charge is 0.123 e. The summed E-state index contributed by atoms with van der Waals surface area (Å²) < 4.78 is 2.31. The zero-order valence-electron chi connectivity index (χ0n) is 13.6. The van der Waals surface area contributed by atoms with Crippen molar-refractivity contribution in [1.29, 1.82) is 0 Å². The molecule has 116 valence electrons. The molecule has 0 spiro atoms. The van der Waals surface area contributed by atoms with Gasteiger partial charge < -0.3 is 10.3 Å². The molecule has 2 N–H and O–H groups in total. The van der Waals surface area contributed by atoms with E-state index in [4.69, 9.17) is 5.73 Å². The summed E-state index contributed by atoms with van der Waals surface area (Å²) in [7, 11) is 0. The minimum absolute atomic E-state index is 0.518. The third kappa shape index (κ3) is 4.31. The highest BCUT2D eigenvalue weighted by atomic mass is 15.1. The van der Waals surface area contributed by atoms with E-state index in [2.05, 4.69) is 41.6 Å². The average Bonchev–Trinajstić information content (AvgIpc) is 2.83. The van der Waals surface area contributed by atoms with Crippen molar-refractivity contribution in [3.05, 3.63) is 29.6 Å². The molecule has 0 radical (unpaired) electrons. The van der Waals surface area contributed by atoms with Gasteiger partial charge in [0.15, 0.2) is 0 Å². The standard InChI is InChI=1S/C18H29N3/c1-3-4-5-6-7-8-9-12-21-17-11-10-15(2)13-16(17)20-18(21)14-19/h10-11,13H,3-9,12,14,19H2,1-2H3. The van der Waals surface area contributed by atoms with Crippen molar-refractivity contribution in [3.8, 4) is 0 Å². The van der Waals surface area contributed by atoms with E-state index in [0.717, 1.165) is 17.9 Å². The fourth-order valence-electron chi connectivity index (χ4n) is 2.92. The van der Waals surface area contributed by atoms with Gasteiger partial charge in [0.1, 0.15) is 5.82 Å². The Bertz CT molecular complexity index is 557. The van der Waals surface area contributed by atoms with Gasteiger partial charge in [-0.05, 0) is 31.0 Å². The minimum Gasteiger partial charge on any atom is -0.327 e. The number of hydrogen-bond donors (Lipinski definition) is 1. The van der Waals surface area contributed by atoms with E-state index in [1.165, 1.54) is 56.0 Å². The largest absolute Gasteiger partial charge is 0.327 e. The zero-order chi connectivity index (χ0) is 15.1. The lowest BCUT2D eigenvalue weighted by Gasteiger charge is -2.08. The number of benzene rings is 1. The summed E-state index contributed by atoms with van der Waals surface area (Å²) in [5.74, 6) is 1.02. The maximum absolute atomic E-state index is 5.85. The number of nitrogens with two attached hydrogens (primary N) is 1. The van der Waals surface area contributed by atoms with Crippen LogP contribution in [0.15, 0.2) is 18.2 Å². The van der Waals surface area contributed by atoms with Crippen molar-refractivity contribution >= 4 is 11.0 Å². The number of nitrogens with zero attached hydrogens (tertiary/aromatic N) is 2. The molecule has 0 aliphatic rings. The summed E-state index contributed by atoms with van der Waals surface area (Å²) >= 11 is 0. The zero-order valence-corrected chi connectivity index (χ0v) is 13.6. The van der Waals surface area contributed by atoms with Crippen LogP contribution in [0.2, 0.25) is 0 Å². The van der Waals surface area contributed by atoms with Crippen LogP contribution in [0.4, 0.5) is 0 Å². The lowest BCUT2D eigenvalue weighted by atomic mass is 10.1. The van der Waals surface area contributed by atoms with Gasteiger partial charge >= 0.3 is 0 Å². The van der Waals surface area contributed by atoms with Gasteiger partial charge in [-0.25, -0.2) is 4.98 Å². The van der Waals surface area contributed by atoms with E-state index < -0.39 is 0 Å². The molecule has 0 fully saturated rings. The summed E-state index contributed by atoms with van der Waals surface area (Å²) in [6.07, 6.45) is 9.34. The summed E-state index contributed by atoms with van der Waals surface area (Å²) in [5.41, 5.74) is 9.42. The number of aryl methyl sites for hydroxylation is 2. The molecule has 0 unspecified atom stereocenters. The Kier molecular flexibility index (Phi) is 6.24. The predicted octanol–water partition coefficient (Wildman–Crippen LogP) is 4.55. The first-order valence-electron chi connectivity index (χ1n) is 8.42. The molecule has 21 heavy (non-hydrogen) atoms. The molecule has 3 heteroatoms. The van der Waals surface area contributed by atoms with Crippen molar-refractivity contribution in [2.75, 3.05) is 0 Å². The molecule has 0 saturated heterocycles. The summed E-state index contributed by atoms with van der Waals surface area (Å²) in [6, 6.07) is 6.49. The van der Waals surface area contributed by atoms with Crippen molar-refractivity contribution in [3.63, 3.8) is 0 Å². The molecule has 1 aromatic carbocycles. The van der Waals surface area contributed by atoms with Gasteiger partial charge in [0.25, 0.3) is 0 Å². The van der Waals surface area contributed by atoms with Gasteiger partial charge in [0.05, 0.1) is 17.6 Å². The average molecular weight is 287 g/mol. The number of unbranched alkanes of at least 4 members (excludes halogenated alkanes) is 6. The van der Waals surface area contributed by atoms with E-state index in [-0.39, 0.29) is 0 Å². The Balaban J connectivity index is 1.91. The predicted molar refractivity (Wildman–Crippen MR) is 90.4 cm³/mol. The molecule has 1 aromatic heterocycles. The molecule has 0 amide bonds. The van der Waals surface area contributed by atoms with Crippen molar-refractivity contribution in [2.45, 2.75) is 71.9 Å². The van der Waals surface area contributed by atoms with Gasteiger partial charge in [-0.15, -0.1) is 0 Å². The molecule has 2 aromatic rings. The maximum atomic E-state index is 5.85. The highest BCUT2D eigenvalue weighted by Crippen LogP contribution is 2.19. The Morgan fingerprint density at radius 3 is 2.48 bits per heavy atom. The summed E-state index contributed by atoms with van der Waals surface area (Å²) in [4.78, 5) is 4.67. The molecule has 2 rings (SSSR count). The molecular formula is C18H29N3. The quantitative estimate of drug-likeness (QED) is 0.687. The second-order valence-electron chi connectivity index (χ2n) is 6.00. The van der Waals surface area contributed by atoms with Gasteiger partial charge in [-0.2, -0.15) is 0 Å². The highest BCUT2D eigenvalue weighted by Gasteiger charge is 2.09. The van der Waals surface area contributed by atoms with Crippen molar-refractivity contribution < 1.29 is 0 Å². The first-order valence-corrected chi connectivity index (χ1v) is 8.42. The molecule has 0 aliphatic heterocycles. The third-order valence-corrected chi connectivity index (χ3v) is 4.15. The Morgan fingerprint density at radius 2 is 1.76 bits per heavy atom. The van der Waals surface area contributed by atoms with E-state index in [0.29, 0.717) is 6.54 Å². The van der Waals surface area contributed by atoms with Crippen LogP contribution >= 0.6 is 0 Å². The van der Waals surface area contributed by atoms with Crippen LogP contribution in [0.5, 0.6) is 0 Å². The normalized spacial score (nSPS) is 11.4. The molecule has 0 atom stereocenters. The van der Waals surface area contributed by atoms with Crippen LogP contribution in [-0.2, 0) is 13.1 Å². The Morgan fingerprint density at radius 1 is 1.05 bits per heavy atom. The van der Waals surface area contributed by atoms with Crippen LogP contribution in [0, 0.1) is 6.92 Å². The van der Waals surface area contributed by atoms with Crippen molar-refractivity contribution in [1.82, 2.24) is 9.55 Å². The second-order valence-corrected chi connectivity index (χ2v) is 6.00. The van der Waals surface area contributed by atoms with Gasteiger partial charge in [-0.3, -0.25) is 0 Å². The first-order chi connectivity index (χ1) is 10.3. The topological polar surface area (TPSA) is 43.8 Å². The Labute approximate surface area is 128 Å². The fraction of sp³-hybridized carbons (Fsp3) is 0.611. The van der Waals surface area contributed by atoms with Crippen LogP contribution in [0.1, 0.15) is 63.3 Å². The molecule has 0 aliphatic carbocycles. The third-order valence-electron chi connectivity index (χ3n) is 4.15. The number of rotatable bonds is 9. The summed E-state index contributed by atoms with van der Waals surface area (Å²) in [6.45, 7) is 5.93. The first kappa shape index (κ1) is 16.0. The van der Waals surface area contributed by atoms with Crippen LogP contribution in [-0.4, -0.2) is 9.55 Å². The molecule has 0 saturated carbocycles. The second kappa shape index (κ2) is 8.18. The van der Waals surface area contributed by atoms with Crippen molar-refractivity contribution in [2.24, 2.45) is 5.73 Å². The molecule has 0 bridgehead atoms. The SMILES string of the molecule is CCCCCCCCCn1c(CN)nc2cc(C)ccc21. The van der Waals surface area contributed by atoms with E-state index in [1.807, 2.05) is 0 Å².